The average Bonchev–Trinajstić information content (AvgIpc) is 2.81. The smallest absolute Gasteiger partial charge is 0.243 e. The lowest BCUT2D eigenvalue weighted by Gasteiger charge is -2.10. The minimum atomic E-state index is -0.130. The van der Waals surface area contributed by atoms with Gasteiger partial charge in [0, 0.05) is 18.0 Å². The van der Waals surface area contributed by atoms with Crippen molar-refractivity contribution < 1.29 is 19.0 Å². The third kappa shape index (κ3) is 8.03. The van der Waals surface area contributed by atoms with E-state index in [1.54, 1.807) is 0 Å². The fraction of sp³-hybridized carbons (Fsp3) is 0.240. The van der Waals surface area contributed by atoms with Crippen LogP contribution in [0, 0.1) is 0 Å². The molecule has 0 aliphatic heterocycles. The zero-order chi connectivity index (χ0) is 21.7. The molecule has 3 aromatic carbocycles. The molecule has 0 heterocycles. The van der Waals surface area contributed by atoms with Crippen LogP contribution in [0.4, 0.5) is 11.4 Å². The number of rotatable bonds is 12. The van der Waals surface area contributed by atoms with E-state index in [9.17, 15) is 4.79 Å². The van der Waals surface area contributed by atoms with Crippen molar-refractivity contribution in [3.8, 4) is 11.5 Å². The van der Waals surface area contributed by atoms with E-state index in [0.29, 0.717) is 32.1 Å². The molecule has 0 fully saturated rings. The second-order valence-electron chi connectivity index (χ2n) is 6.77. The normalized spacial score (nSPS) is 10.4. The van der Waals surface area contributed by atoms with Crippen molar-refractivity contribution in [3.63, 3.8) is 0 Å². The molecule has 0 aliphatic rings. The Morgan fingerprint density at radius 1 is 0.774 bits per heavy atom. The van der Waals surface area contributed by atoms with Gasteiger partial charge in [0.2, 0.25) is 5.91 Å². The summed E-state index contributed by atoms with van der Waals surface area (Å²) < 4.78 is 16.6. The summed E-state index contributed by atoms with van der Waals surface area (Å²) in [4.78, 5) is 12.2. The number of anilines is 2. The summed E-state index contributed by atoms with van der Waals surface area (Å²) in [5.74, 6) is 1.39. The molecule has 2 N–H and O–H groups in total. The fourth-order valence-electron chi connectivity index (χ4n) is 2.79. The molecule has 0 radical (unpaired) electrons. The first kappa shape index (κ1) is 22.2. The SMILES string of the molecule is CCOCCOc1ccc(NC(=O)CNc2ccc(OCc3ccccc3)cc2)cc1. The Balaban J connectivity index is 1.38. The molecule has 3 rings (SSSR count). The van der Waals surface area contributed by atoms with Crippen LogP contribution in [0.2, 0.25) is 0 Å². The maximum atomic E-state index is 12.2. The summed E-state index contributed by atoms with van der Waals surface area (Å²) in [5.41, 5.74) is 2.68. The summed E-state index contributed by atoms with van der Waals surface area (Å²) in [5, 5.41) is 5.97. The van der Waals surface area contributed by atoms with E-state index < -0.39 is 0 Å². The molecule has 1 amide bonds. The van der Waals surface area contributed by atoms with Gasteiger partial charge in [0.05, 0.1) is 13.2 Å². The Morgan fingerprint density at radius 3 is 2.10 bits per heavy atom. The minimum absolute atomic E-state index is 0.130. The molecule has 6 nitrogen and oxygen atoms in total. The topological polar surface area (TPSA) is 68.8 Å². The average molecular weight is 421 g/mol. The van der Waals surface area contributed by atoms with Crippen molar-refractivity contribution in [2.45, 2.75) is 13.5 Å². The molecule has 3 aromatic rings. The van der Waals surface area contributed by atoms with E-state index in [0.717, 1.165) is 22.7 Å². The van der Waals surface area contributed by atoms with Gasteiger partial charge in [0.1, 0.15) is 24.7 Å². The van der Waals surface area contributed by atoms with Crippen molar-refractivity contribution >= 4 is 17.3 Å². The standard InChI is InChI=1S/C25H28N2O4/c1-2-29-16-17-30-23-14-10-22(11-15-23)27-25(28)18-26-21-8-12-24(13-9-21)31-19-20-6-4-3-5-7-20/h3-15,26H,2,16-19H2,1H3,(H,27,28). The predicted octanol–water partition coefficient (Wildman–Crippen LogP) is 4.73. The Morgan fingerprint density at radius 2 is 1.42 bits per heavy atom. The van der Waals surface area contributed by atoms with E-state index in [2.05, 4.69) is 10.6 Å². The predicted molar refractivity (Wildman–Crippen MR) is 123 cm³/mol. The van der Waals surface area contributed by atoms with Gasteiger partial charge >= 0.3 is 0 Å². The fourth-order valence-corrected chi connectivity index (χ4v) is 2.79. The summed E-state index contributed by atoms with van der Waals surface area (Å²) in [6.45, 7) is 4.36. The van der Waals surface area contributed by atoms with Gasteiger partial charge in [-0.25, -0.2) is 0 Å². The van der Waals surface area contributed by atoms with Gasteiger partial charge in [-0.15, -0.1) is 0 Å². The van der Waals surface area contributed by atoms with Crippen LogP contribution < -0.4 is 20.1 Å². The largest absolute Gasteiger partial charge is 0.491 e. The molecule has 162 valence electrons. The molecule has 0 spiro atoms. The number of nitrogens with one attached hydrogen (secondary N) is 2. The molecule has 31 heavy (non-hydrogen) atoms. The molecule has 0 saturated carbocycles. The van der Waals surface area contributed by atoms with Crippen LogP contribution in [-0.4, -0.2) is 32.3 Å². The molecule has 0 unspecified atom stereocenters. The Kier molecular flexibility index (Phi) is 8.76. The third-order valence-corrected chi connectivity index (χ3v) is 4.39. The van der Waals surface area contributed by atoms with Gasteiger partial charge in [-0.2, -0.15) is 0 Å². The summed E-state index contributed by atoms with van der Waals surface area (Å²) in [7, 11) is 0. The lowest BCUT2D eigenvalue weighted by molar-refractivity contribution is -0.114. The lowest BCUT2D eigenvalue weighted by atomic mass is 10.2. The van der Waals surface area contributed by atoms with Crippen LogP contribution in [0.1, 0.15) is 12.5 Å². The zero-order valence-electron chi connectivity index (χ0n) is 17.7. The van der Waals surface area contributed by atoms with Crippen LogP contribution in [0.15, 0.2) is 78.9 Å². The molecule has 0 aliphatic carbocycles. The maximum absolute atomic E-state index is 12.2. The molecule has 0 aromatic heterocycles. The summed E-state index contributed by atoms with van der Waals surface area (Å²) in [6, 6.07) is 24.8. The van der Waals surface area contributed by atoms with E-state index in [4.69, 9.17) is 14.2 Å². The van der Waals surface area contributed by atoms with Crippen molar-refractivity contribution in [1.29, 1.82) is 0 Å². The van der Waals surface area contributed by atoms with Crippen LogP contribution in [0.3, 0.4) is 0 Å². The number of benzene rings is 3. The third-order valence-electron chi connectivity index (χ3n) is 4.39. The number of carbonyl (C=O) groups is 1. The van der Waals surface area contributed by atoms with Crippen molar-refractivity contribution in [3.05, 3.63) is 84.4 Å². The van der Waals surface area contributed by atoms with E-state index >= 15 is 0 Å². The second kappa shape index (κ2) is 12.2. The first-order valence-electron chi connectivity index (χ1n) is 10.3. The molecule has 0 saturated heterocycles. The quantitative estimate of drug-likeness (QED) is 0.415. The van der Waals surface area contributed by atoms with E-state index in [1.807, 2.05) is 85.8 Å². The number of carbonyl (C=O) groups excluding carboxylic acids is 1. The highest BCUT2D eigenvalue weighted by Crippen LogP contribution is 2.18. The van der Waals surface area contributed by atoms with Crippen molar-refractivity contribution in [1.82, 2.24) is 0 Å². The highest BCUT2D eigenvalue weighted by molar-refractivity contribution is 5.93. The van der Waals surface area contributed by atoms with Gasteiger partial charge in [0.15, 0.2) is 0 Å². The Hall–Kier alpha value is -3.51. The van der Waals surface area contributed by atoms with Gasteiger partial charge in [-0.3, -0.25) is 4.79 Å². The van der Waals surface area contributed by atoms with Crippen LogP contribution in [-0.2, 0) is 16.1 Å². The molecule has 0 atom stereocenters. The number of ether oxygens (including phenoxy) is 3. The molecular formula is C25H28N2O4. The first-order chi connectivity index (χ1) is 15.2. The molecule has 0 bridgehead atoms. The van der Waals surface area contributed by atoms with Gasteiger partial charge in [-0.1, -0.05) is 30.3 Å². The molecule has 6 heteroatoms. The number of hydrogen-bond acceptors (Lipinski definition) is 5. The van der Waals surface area contributed by atoms with Gasteiger partial charge < -0.3 is 24.8 Å². The number of amides is 1. The van der Waals surface area contributed by atoms with Crippen LogP contribution in [0.5, 0.6) is 11.5 Å². The van der Waals surface area contributed by atoms with Gasteiger partial charge in [-0.05, 0) is 61.0 Å². The van der Waals surface area contributed by atoms with Crippen LogP contribution in [0.25, 0.3) is 0 Å². The van der Waals surface area contributed by atoms with Crippen LogP contribution >= 0.6 is 0 Å². The monoisotopic (exact) mass is 420 g/mol. The summed E-state index contributed by atoms with van der Waals surface area (Å²) in [6.07, 6.45) is 0. The number of hydrogen-bond donors (Lipinski definition) is 2. The van der Waals surface area contributed by atoms with Crippen molar-refractivity contribution in [2.75, 3.05) is 37.0 Å². The van der Waals surface area contributed by atoms with E-state index in [1.165, 1.54) is 0 Å². The molecular weight excluding hydrogens is 392 g/mol. The Bertz CT molecular complexity index is 913. The Labute approximate surface area is 183 Å². The van der Waals surface area contributed by atoms with Crippen molar-refractivity contribution in [2.24, 2.45) is 0 Å². The maximum Gasteiger partial charge on any atom is 0.243 e. The highest BCUT2D eigenvalue weighted by Gasteiger charge is 2.04. The second-order valence-corrected chi connectivity index (χ2v) is 6.77. The summed E-state index contributed by atoms with van der Waals surface area (Å²) >= 11 is 0. The lowest BCUT2D eigenvalue weighted by Crippen LogP contribution is -2.21. The minimum Gasteiger partial charge on any atom is -0.491 e. The zero-order valence-corrected chi connectivity index (χ0v) is 17.7. The first-order valence-corrected chi connectivity index (χ1v) is 10.3. The highest BCUT2D eigenvalue weighted by atomic mass is 16.5. The van der Waals surface area contributed by atoms with Gasteiger partial charge in [0.25, 0.3) is 0 Å². The van der Waals surface area contributed by atoms with E-state index in [-0.39, 0.29) is 12.5 Å².